The molecule has 0 radical (unpaired) electrons. The highest BCUT2D eigenvalue weighted by atomic mass is 35.5. The van der Waals surface area contributed by atoms with E-state index in [0.717, 1.165) is 16.8 Å². The Morgan fingerprint density at radius 1 is 1.38 bits per heavy atom. The zero-order valence-electron chi connectivity index (χ0n) is 13.2. The van der Waals surface area contributed by atoms with Crippen molar-refractivity contribution in [2.24, 2.45) is 0 Å². The summed E-state index contributed by atoms with van der Waals surface area (Å²) in [6.45, 7) is 2.20. The fraction of sp³-hybridized carbons (Fsp3) is 0.235. The summed E-state index contributed by atoms with van der Waals surface area (Å²) in [5.41, 5.74) is 8.68. The zero-order valence-corrected chi connectivity index (χ0v) is 14.7. The number of aryl methyl sites for hydroxylation is 1. The molecule has 3 N–H and O–H groups in total. The van der Waals surface area contributed by atoms with E-state index in [-0.39, 0.29) is 18.2 Å². The predicted molar refractivity (Wildman–Crippen MR) is 98.8 cm³/mol. The number of hydrogen-bond donors (Lipinski definition) is 2. The largest absolute Gasteiger partial charge is 0.383 e. The molecule has 2 aromatic rings. The van der Waals surface area contributed by atoms with Gasteiger partial charge in [-0.15, -0.1) is 6.42 Å². The van der Waals surface area contributed by atoms with Crippen LogP contribution in [0.4, 0.5) is 5.82 Å². The molecule has 1 heterocycles. The van der Waals surface area contributed by atoms with Crippen LogP contribution in [0, 0.1) is 12.3 Å². The molecule has 2 rings (SSSR count). The highest BCUT2D eigenvalue weighted by Gasteiger charge is 2.14. The molecule has 0 aliphatic heterocycles. The average Bonchev–Trinajstić information content (AvgIpc) is 2.58. The van der Waals surface area contributed by atoms with Gasteiger partial charge in [-0.1, -0.05) is 48.3 Å². The predicted octanol–water partition coefficient (Wildman–Crippen LogP) is 2.78. The summed E-state index contributed by atoms with van der Waals surface area (Å²) in [4.78, 5) is 20.4. The first-order valence-electron chi connectivity index (χ1n) is 7.30. The van der Waals surface area contributed by atoms with Crippen molar-refractivity contribution < 1.29 is 4.79 Å². The number of hydrogen-bond acceptors (Lipinski definition) is 5. The van der Waals surface area contributed by atoms with E-state index < -0.39 is 0 Å². The Kier molecular flexibility index (Phi) is 6.47. The van der Waals surface area contributed by atoms with Gasteiger partial charge < -0.3 is 11.1 Å². The molecule has 1 aromatic carbocycles. The number of thioether (sulfide) groups is 1. The first-order chi connectivity index (χ1) is 11.5. The number of carbonyl (C=O) groups is 1. The van der Waals surface area contributed by atoms with Crippen LogP contribution >= 0.6 is 23.4 Å². The molecule has 0 spiro atoms. The van der Waals surface area contributed by atoms with Gasteiger partial charge in [0.15, 0.2) is 5.16 Å². The van der Waals surface area contributed by atoms with Gasteiger partial charge in [0, 0.05) is 10.6 Å². The van der Waals surface area contributed by atoms with Crippen molar-refractivity contribution in [3.05, 3.63) is 35.0 Å². The molecule has 7 heteroatoms. The summed E-state index contributed by atoms with van der Waals surface area (Å²) >= 11 is 7.15. The summed E-state index contributed by atoms with van der Waals surface area (Å²) in [5, 5.41) is 3.72. The molecule has 0 atom stereocenters. The lowest BCUT2D eigenvalue weighted by Gasteiger charge is -2.12. The maximum atomic E-state index is 11.6. The minimum Gasteiger partial charge on any atom is -0.383 e. The van der Waals surface area contributed by atoms with E-state index in [9.17, 15) is 4.79 Å². The van der Waals surface area contributed by atoms with Gasteiger partial charge in [-0.25, -0.2) is 9.97 Å². The van der Waals surface area contributed by atoms with Crippen LogP contribution < -0.4 is 11.1 Å². The van der Waals surface area contributed by atoms with E-state index in [4.69, 9.17) is 23.8 Å². The normalized spacial score (nSPS) is 10.2. The summed E-state index contributed by atoms with van der Waals surface area (Å²) in [7, 11) is 0. The fourth-order valence-corrected chi connectivity index (χ4v) is 2.91. The van der Waals surface area contributed by atoms with Gasteiger partial charge in [-0.2, -0.15) is 0 Å². The molecule has 0 aliphatic carbocycles. The van der Waals surface area contributed by atoms with E-state index in [0.29, 0.717) is 22.4 Å². The molecule has 0 unspecified atom stereocenters. The van der Waals surface area contributed by atoms with Gasteiger partial charge in [-0.05, 0) is 24.1 Å². The van der Waals surface area contributed by atoms with Crippen molar-refractivity contribution in [1.82, 2.24) is 15.3 Å². The minimum atomic E-state index is -0.167. The fourth-order valence-electron chi connectivity index (χ4n) is 2.09. The smallest absolute Gasteiger partial charge is 0.231 e. The van der Waals surface area contributed by atoms with Crippen molar-refractivity contribution in [3.8, 4) is 23.5 Å². The molecule has 0 saturated heterocycles. The number of rotatable bonds is 6. The van der Waals surface area contributed by atoms with Crippen LogP contribution in [-0.2, 0) is 11.2 Å². The Balaban J connectivity index is 2.22. The molecule has 0 saturated carbocycles. The molecule has 0 aliphatic rings. The monoisotopic (exact) mass is 360 g/mol. The van der Waals surface area contributed by atoms with E-state index in [1.165, 1.54) is 11.8 Å². The quantitative estimate of drug-likeness (QED) is 0.470. The summed E-state index contributed by atoms with van der Waals surface area (Å²) < 4.78 is 0. The van der Waals surface area contributed by atoms with Crippen LogP contribution in [-0.4, -0.2) is 28.2 Å². The van der Waals surface area contributed by atoms with Gasteiger partial charge >= 0.3 is 0 Å². The van der Waals surface area contributed by atoms with Crippen LogP contribution in [0.2, 0.25) is 5.02 Å². The van der Waals surface area contributed by atoms with Gasteiger partial charge in [0.25, 0.3) is 0 Å². The van der Waals surface area contributed by atoms with Crippen molar-refractivity contribution in [2.45, 2.75) is 18.5 Å². The lowest BCUT2D eigenvalue weighted by molar-refractivity contribution is -0.118. The second-order valence-corrected chi connectivity index (χ2v) is 6.22. The van der Waals surface area contributed by atoms with Crippen molar-refractivity contribution in [2.75, 3.05) is 18.0 Å². The van der Waals surface area contributed by atoms with E-state index in [1.807, 2.05) is 19.1 Å². The van der Waals surface area contributed by atoms with Crippen LogP contribution in [0.3, 0.4) is 0 Å². The summed E-state index contributed by atoms with van der Waals surface area (Å²) in [6, 6.07) is 7.37. The SMILES string of the molecule is C#CCNC(=O)CSc1nc(N)c(-c2ccc(Cl)cc2)c(CC)n1. The van der Waals surface area contributed by atoms with E-state index in [2.05, 4.69) is 21.2 Å². The lowest BCUT2D eigenvalue weighted by Crippen LogP contribution is -2.25. The number of halogens is 1. The molecule has 5 nitrogen and oxygen atoms in total. The Morgan fingerprint density at radius 2 is 2.08 bits per heavy atom. The van der Waals surface area contributed by atoms with Crippen LogP contribution in [0.1, 0.15) is 12.6 Å². The third-order valence-electron chi connectivity index (χ3n) is 3.18. The Morgan fingerprint density at radius 3 is 2.71 bits per heavy atom. The van der Waals surface area contributed by atoms with Gasteiger partial charge in [0.1, 0.15) is 5.82 Å². The Labute approximate surface area is 150 Å². The maximum absolute atomic E-state index is 11.6. The number of nitrogens with zero attached hydrogens (tertiary/aromatic N) is 2. The topological polar surface area (TPSA) is 80.9 Å². The van der Waals surface area contributed by atoms with Crippen molar-refractivity contribution in [3.63, 3.8) is 0 Å². The Hall–Kier alpha value is -2.23. The van der Waals surface area contributed by atoms with Gasteiger partial charge in [-0.3, -0.25) is 4.79 Å². The number of nitrogen functional groups attached to an aromatic ring is 1. The number of terminal acetylenes is 1. The number of anilines is 1. The standard InChI is InChI=1S/C17H17ClN4OS/c1-3-9-20-14(23)10-24-17-21-13(4-2)15(16(19)22-17)11-5-7-12(18)8-6-11/h1,5-8H,4,9-10H2,2H3,(H,20,23)(H2,19,21,22). The van der Waals surface area contributed by atoms with Gasteiger partial charge in [0.05, 0.1) is 18.0 Å². The summed E-state index contributed by atoms with van der Waals surface area (Å²) in [6.07, 6.45) is 5.80. The molecule has 24 heavy (non-hydrogen) atoms. The number of aromatic nitrogens is 2. The second kappa shape index (κ2) is 8.57. The maximum Gasteiger partial charge on any atom is 0.231 e. The molecule has 1 amide bonds. The number of nitrogens with two attached hydrogens (primary N) is 1. The number of carbonyl (C=O) groups excluding carboxylic acids is 1. The zero-order chi connectivity index (χ0) is 17.5. The van der Waals surface area contributed by atoms with Crippen LogP contribution in [0.25, 0.3) is 11.1 Å². The van der Waals surface area contributed by atoms with Gasteiger partial charge in [0.2, 0.25) is 5.91 Å². The molecular weight excluding hydrogens is 344 g/mol. The highest BCUT2D eigenvalue weighted by molar-refractivity contribution is 7.99. The first-order valence-corrected chi connectivity index (χ1v) is 8.66. The third-order valence-corrected chi connectivity index (χ3v) is 4.28. The first kappa shape index (κ1) is 18.1. The van der Waals surface area contributed by atoms with Crippen LogP contribution in [0.5, 0.6) is 0 Å². The molecule has 124 valence electrons. The van der Waals surface area contributed by atoms with E-state index in [1.54, 1.807) is 12.1 Å². The minimum absolute atomic E-state index is 0.167. The molecule has 1 aromatic heterocycles. The summed E-state index contributed by atoms with van der Waals surface area (Å²) in [5.74, 6) is 2.76. The second-order valence-electron chi connectivity index (χ2n) is 4.84. The molecule has 0 fully saturated rings. The van der Waals surface area contributed by atoms with Crippen LogP contribution in [0.15, 0.2) is 29.4 Å². The van der Waals surface area contributed by atoms with Crippen molar-refractivity contribution >= 4 is 35.1 Å². The molecular formula is C17H17ClN4OS. The highest BCUT2D eigenvalue weighted by Crippen LogP contribution is 2.30. The van der Waals surface area contributed by atoms with Crippen molar-refractivity contribution in [1.29, 1.82) is 0 Å². The number of nitrogens with one attached hydrogen (secondary N) is 1. The Bertz CT molecular complexity index is 771. The number of benzene rings is 1. The average molecular weight is 361 g/mol. The lowest BCUT2D eigenvalue weighted by atomic mass is 10.0. The number of amides is 1. The van der Waals surface area contributed by atoms with E-state index >= 15 is 0 Å². The molecule has 0 bridgehead atoms. The third kappa shape index (κ3) is 4.63.